The van der Waals surface area contributed by atoms with Crippen molar-refractivity contribution in [3.05, 3.63) is 90.1 Å². The molecule has 0 saturated carbocycles. The quantitative estimate of drug-likeness (QED) is 0.458. The molecule has 4 aromatic rings. The fourth-order valence-corrected chi connectivity index (χ4v) is 3.49. The zero-order chi connectivity index (χ0) is 21.1. The van der Waals surface area contributed by atoms with Gasteiger partial charge in [0, 0.05) is 48.3 Å². The smallest absolute Gasteiger partial charge is 0.245 e. The summed E-state index contributed by atoms with van der Waals surface area (Å²) in [5.41, 5.74) is 3.69. The molecular weight excluding hydrogens is 398 g/mol. The van der Waals surface area contributed by atoms with Crippen molar-refractivity contribution >= 4 is 17.5 Å². The van der Waals surface area contributed by atoms with Crippen molar-refractivity contribution in [2.75, 3.05) is 7.05 Å². The summed E-state index contributed by atoms with van der Waals surface area (Å²) in [6.45, 7) is 2.30. The predicted molar refractivity (Wildman–Crippen MR) is 117 cm³/mol. The van der Waals surface area contributed by atoms with Crippen molar-refractivity contribution in [1.82, 2.24) is 24.2 Å². The molecule has 6 nitrogen and oxygen atoms in total. The molecule has 0 bridgehead atoms. The number of aromatic nitrogens is 4. The zero-order valence-corrected chi connectivity index (χ0v) is 17.6. The molecule has 0 aliphatic carbocycles. The average Bonchev–Trinajstić information content (AvgIpc) is 3.44. The SMILES string of the molecule is C[C@H](C(=O)N(C)Cc1cn(-c2ccccc2)nc1-c1ccc(Cl)cc1)n1ccnc1. The van der Waals surface area contributed by atoms with E-state index < -0.39 is 0 Å². The second-order valence-electron chi connectivity index (χ2n) is 7.17. The summed E-state index contributed by atoms with van der Waals surface area (Å²) in [5.74, 6) is 0.00233. The standard InChI is InChI=1S/C23H22ClN5O/c1-17(28-13-12-25-16-28)23(30)27(2)14-19-15-29(21-6-4-3-5-7-21)26-22(19)18-8-10-20(24)11-9-18/h3-13,15-17H,14H2,1-2H3/t17-/m1/s1. The lowest BCUT2D eigenvalue weighted by Crippen LogP contribution is -2.32. The first-order valence-corrected chi connectivity index (χ1v) is 10.0. The number of carbonyl (C=O) groups excluding carboxylic acids is 1. The monoisotopic (exact) mass is 419 g/mol. The van der Waals surface area contributed by atoms with Gasteiger partial charge in [0.15, 0.2) is 0 Å². The molecule has 0 unspecified atom stereocenters. The molecule has 0 spiro atoms. The lowest BCUT2D eigenvalue weighted by Gasteiger charge is -2.22. The van der Waals surface area contributed by atoms with E-state index in [1.54, 1.807) is 35.2 Å². The summed E-state index contributed by atoms with van der Waals surface area (Å²) < 4.78 is 3.64. The van der Waals surface area contributed by atoms with Gasteiger partial charge in [0.05, 0.1) is 17.7 Å². The van der Waals surface area contributed by atoms with Crippen LogP contribution < -0.4 is 0 Å². The van der Waals surface area contributed by atoms with Crippen LogP contribution in [0.4, 0.5) is 0 Å². The topological polar surface area (TPSA) is 56.0 Å². The molecule has 0 saturated heterocycles. The lowest BCUT2D eigenvalue weighted by atomic mass is 10.1. The van der Waals surface area contributed by atoms with E-state index in [9.17, 15) is 4.79 Å². The Kier molecular flexibility index (Phi) is 5.68. The summed E-state index contributed by atoms with van der Waals surface area (Å²) in [5, 5.41) is 5.48. The Bertz CT molecular complexity index is 1120. The van der Waals surface area contributed by atoms with Gasteiger partial charge in [-0.25, -0.2) is 9.67 Å². The molecule has 30 heavy (non-hydrogen) atoms. The summed E-state index contributed by atoms with van der Waals surface area (Å²) in [7, 11) is 1.81. The van der Waals surface area contributed by atoms with Gasteiger partial charge < -0.3 is 9.47 Å². The van der Waals surface area contributed by atoms with E-state index in [0.29, 0.717) is 11.6 Å². The van der Waals surface area contributed by atoms with Crippen LogP contribution in [0.2, 0.25) is 5.02 Å². The Labute approximate surface area is 180 Å². The largest absolute Gasteiger partial charge is 0.339 e. The molecule has 0 N–H and O–H groups in total. The van der Waals surface area contributed by atoms with Gasteiger partial charge >= 0.3 is 0 Å². The van der Waals surface area contributed by atoms with Gasteiger partial charge in [-0.1, -0.05) is 41.9 Å². The minimum atomic E-state index is -0.333. The van der Waals surface area contributed by atoms with Crippen molar-refractivity contribution in [3.63, 3.8) is 0 Å². The molecule has 0 radical (unpaired) electrons. The molecule has 1 amide bonds. The second kappa shape index (κ2) is 8.55. The number of hydrogen-bond donors (Lipinski definition) is 0. The number of para-hydroxylation sites is 1. The molecule has 2 aromatic heterocycles. The van der Waals surface area contributed by atoms with Gasteiger partial charge in [-0.2, -0.15) is 5.10 Å². The van der Waals surface area contributed by atoms with Crippen LogP contribution >= 0.6 is 11.6 Å². The molecular formula is C23H22ClN5O. The van der Waals surface area contributed by atoms with Gasteiger partial charge in [-0.05, 0) is 31.2 Å². The molecule has 0 fully saturated rings. The van der Waals surface area contributed by atoms with Crippen LogP contribution in [0.3, 0.4) is 0 Å². The predicted octanol–water partition coefficient (Wildman–Crippen LogP) is 4.61. The fourth-order valence-electron chi connectivity index (χ4n) is 3.37. The van der Waals surface area contributed by atoms with Crippen molar-refractivity contribution in [1.29, 1.82) is 0 Å². The van der Waals surface area contributed by atoms with Gasteiger partial charge in [-0.3, -0.25) is 4.79 Å². The van der Waals surface area contributed by atoms with Crippen LogP contribution in [0.15, 0.2) is 79.5 Å². The minimum absolute atomic E-state index is 0.00233. The second-order valence-corrected chi connectivity index (χ2v) is 7.61. The minimum Gasteiger partial charge on any atom is -0.339 e. The number of nitrogens with zero attached hydrogens (tertiary/aromatic N) is 5. The van der Waals surface area contributed by atoms with Crippen LogP contribution in [0.1, 0.15) is 18.5 Å². The molecule has 2 aromatic carbocycles. The molecule has 2 heterocycles. The van der Waals surface area contributed by atoms with Crippen LogP contribution in [-0.2, 0) is 11.3 Å². The number of hydrogen-bond acceptors (Lipinski definition) is 3. The van der Waals surface area contributed by atoms with Crippen molar-refractivity contribution in [3.8, 4) is 16.9 Å². The summed E-state index contributed by atoms with van der Waals surface area (Å²) in [6, 6.07) is 17.2. The highest BCUT2D eigenvalue weighted by Gasteiger charge is 2.21. The zero-order valence-electron chi connectivity index (χ0n) is 16.8. The summed E-state index contributed by atoms with van der Waals surface area (Å²) in [6.07, 6.45) is 7.10. The number of carbonyl (C=O) groups is 1. The molecule has 1 atom stereocenters. The first-order chi connectivity index (χ1) is 14.5. The van der Waals surface area contributed by atoms with E-state index in [4.69, 9.17) is 16.7 Å². The highest BCUT2D eigenvalue weighted by atomic mass is 35.5. The summed E-state index contributed by atoms with van der Waals surface area (Å²) >= 11 is 6.06. The Morgan fingerprint density at radius 2 is 1.87 bits per heavy atom. The molecule has 0 aliphatic heterocycles. The number of imidazole rings is 1. The van der Waals surface area contributed by atoms with E-state index in [1.165, 1.54) is 0 Å². The van der Waals surface area contributed by atoms with Gasteiger partial charge in [0.2, 0.25) is 5.91 Å². The first-order valence-electron chi connectivity index (χ1n) is 9.65. The molecule has 0 aliphatic rings. The number of benzene rings is 2. The average molecular weight is 420 g/mol. The highest BCUT2D eigenvalue weighted by Crippen LogP contribution is 2.26. The third-order valence-electron chi connectivity index (χ3n) is 5.04. The lowest BCUT2D eigenvalue weighted by molar-refractivity contribution is -0.133. The maximum Gasteiger partial charge on any atom is 0.245 e. The van der Waals surface area contributed by atoms with Crippen molar-refractivity contribution in [2.45, 2.75) is 19.5 Å². The fraction of sp³-hybridized carbons (Fsp3) is 0.174. The van der Waals surface area contributed by atoms with Crippen LogP contribution in [0.25, 0.3) is 16.9 Å². The number of rotatable bonds is 6. The van der Waals surface area contributed by atoms with Crippen molar-refractivity contribution < 1.29 is 4.79 Å². The first kappa shape index (κ1) is 19.9. The van der Waals surface area contributed by atoms with E-state index >= 15 is 0 Å². The van der Waals surface area contributed by atoms with E-state index in [-0.39, 0.29) is 11.9 Å². The van der Waals surface area contributed by atoms with E-state index in [1.807, 2.05) is 72.4 Å². The Morgan fingerprint density at radius 3 is 2.53 bits per heavy atom. The third-order valence-corrected chi connectivity index (χ3v) is 5.29. The van der Waals surface area contributed by atoms with Crippen molar-refractivity contribution in [2.24, 2.45) is 0 Å². The van der Waals surface area contributed by atoms with Crippen LogP contribution in [0, 0.1) is 0 Å². The third kappa shape index (κ3) is 4.14. The number of amides is 1. The Morgan fingerprint density at radius 1 is 1.13 bits per heavy atom. The summed E-state index contributed by atoms with van der Waals surface area (Å²) in [4.78, 5) is 18.7. The number of likely N-dealkylation sites (N-methyl/N-ethyl adjacent to an activating group) is 1. The van der Waals surface area contributed by atoms with Crippen LogP contribution in [0.5, 0.6) is 0 Å². The van der Waals surface area contributed by atoms with E-state index in [0.717, 1.165) is 22.5 Å². The van der Waals surface area contributed by atoms with Gasteiger partial charge in [-0.15, -0.1) is 0 Å². The normalized spacial score (nSPS) is 12.0. The molecule has 152 valence electrons. The number of halogens is 1. The highest BCUT2D eigenvalue weighted by molar-refractivity contribution is 6.30. The molecule has 7 heteroatoms. The van der Waals surface area contributed by atoms with Crippen LogP contribution in [-0.4, -0.2) is 37.2 Å². The van der Waals surface area contributed by atoms with E-state index in [2.05, 4.69) is 4.98 Å². The maximum atomic E-state index is 12.9. The van der Waals surface area contributed by atoms with Gasteiger partial charge in [0.1, 0.15) is 6.04 Å². The maximum absolute atomic E-state index is 12.9. The Hall–Kier alpha value is -3.38. The Balaban J connectivity index is 1.66. The van der Waals surface area contributed by atoms with Gasteiger partial charge in [0.25, 0.3) is 0 Å². The molecule has 4 rings (SSSR count).